The van der Waals surface area contributed by atoms with Crippen molar-refractivity contribution in [3.8, 4) is 0 Å². The Morgan fingerprint density at radius 2 is 2.11 bits per heavy atom. The van der Waals surface area contributed by atoms with E-state index in [-0.39, 0.29) is 17.7 Å². The van der Waals surface area contributed by atoms with Crippen molar-refractivity contribution in [2.75, 3.05) is 10.6 Å². The van der Waals surface area contributed by atoms with Gasteiger partial charge in [0.25, 0.3) is 0 Å². The van der Waals surface area contributed by atoms with Crippen molar-refractivity contribution >= 4 is 23.0 Å². The minimum atomic E-state index is -0.832. The van der Waals surface area contributed by atoms with Crippen LogP contribution in [-0.2, 0) is 6.54 Å². The molecule has 2 rings (SSSR count). The van der Waals surface area contributed by atoms with Gasteiger partial charge in [-0.25, -0.2) is 13.8 Å². The number of nitrogens with zero attached hydrogens (tertiary/aromatic N) is 2. The van der Waals surface area contributed by atoms with Crippen LogP contribution in [0.1, 0.15) is 18.7 Å². The van der Waals surface area contributed by atoms with Gasteiger partial charge in [0.1, 0.15) is 0 Å². The molecular weight excluding hydrogens is 268 g/mol. The fraction of sp³-hybridized carbons (Fsp3) is 0.308. The van der Waals surface area contributed by atoms with Gasteiger partial charge in [0.15, 0.2) is 23.3 Å². The third kappa shape index (κ3) is 3.01. The minimum Gasteiger partial charge on any atom is -0.381 e. The fourth-order valence-corrected chi connectivity index (χ4v) is 2.45. The number of hydrogen-bond acceptors (Lipinski definition) is 4. The molecule has 19 heavy (non-hydrogen) atoms. The Balaban J connectivity index is 2.36. The van der Waals surface area contributed by atoms with Gasteiger partial charge in [-0.05, 0) is 25.3 Å². The van der Waals surface area contributed by atoms with Crippen LogP contribution in [0.25, 0.3) is 0 Å². The fourth-order valence-electron chi connectivity index (χ4n) is 1.74. The summed E-state index contributed by atoms with van der Waals surface area (Å²) in [6.45, 7) is 4.37. The highest BCUT2D eigenvalue weighted by atomic mass is 32.1. The number of anilines is 2. The van der Waals surface area contributed by atoms with Crippen LogP contribution in [0.15, 0.2) is 23.6 Å². The van der Waals surface area contributed by atoms with Crippen LogP contribution in [0, 0.1) is 11.6 Å². The number of nitrogen functional groups attached to an aromatic ring is 1. The summed E-state index contributed by atoms with van der Waals surface area (Å²) in [6.07, 6.45) is 0. The van der Waals surface area contributed by atoms with E-state index in [2.05, 4.69) is 4.98 Å². The highest BCUT2D eigenvalue weighted by molar-refractivity contribution is 7.09. The second kappa shape index (κ2) is 5.52. The zero-order valence-electron chi connectivity index (χ0n) is 10.7. The van der Waals surface area contributed by atoms with E-state index in [0.29, 0.717) is 6.54 Å². The molecule has 102 valence electrons. The maximum atomic E-state index is 13.9. The molecule has 0 aromatic carbocycles. The Morgan fingerprint density at radius 3 is 2.68 bits per heavy atom. The molecule has 0 unspecified atom stereocenters. The summed E-state index contributed by atoms with van der Waals surface area (Å²) < 4.78 is 27.0. The van der Waals surface area contributed by atoms with Crippen molar-refractivity contribution in [3.63, 3.8) is 0 Å². The van der Waals surface area contributed by atoms with Gasteiger partial charge in [-0.1, -0.05) is 6.07 Å². The second-order valence-electron chi connectivity index (χ2n) is 4.46. The number of rotatable bonds is 4. The third-order valence-electron chi connectivity index (χ3n) is 2.74. The van der Waals surface area contributed by atoms with E-state index in [9.17, 15) is 8.78 Å². The smallest absolute Gasteiger partial charge is 0.168 e. The van der Waals surface area contributed by atoms with Crippen molar-refractivity contribution in [2.45, 2.75) is 26.4 Å². The van der Waals surface area contributed by atoms with Crippen molar-refractivity contribution in [1.82, 2.24) is 4.98 Å². The van der Waals surface area contributed by atoms with Crippen molar-refractivity contribution in [2.24, 2.45) is 0 Å². The predicted molar refractivity (Wildman–Crippen MR) is 74.2 cm³/mol. The molecule has 2 heterocycles. The molecule has 0 radical (unpaired) electrons. The average Bonchev–Trinajstić information content (AvgIpc) is 2.84. The normalized spacial score (nSPS) is 11.0. The number of aromatic nitrogens is 1. The molecule has 0 amide bonds. The van der Waals surface area contributed by atoms with Crippen molar-refractivity contribution in [1.29, 1.82) is 0 Å². The van der Waals surface area contributed by atoms with Crippen LogP contribution in [0.2, 0.25) is 0 Å². The molecule has 0 spiro atoms. The van der Waals surface area contributed by atoms with E-state index in [1.807, 2.05) is 31.4 Å². The molecule has 3 nitrogen and oxygen atoms in total. The lowest BCUT2D eigenvalue weighted by Crippen LogP contribution is -2.31. The highest BCUT2D eigenvalue weighted by Gasteiger charge is 2.19. The van der Waals surface area contributed by atoms with Gasteiger partial charge >= 0.3 is 0 Å². The lowest BCUT2D eigenvalue weighted by atomic mass is 10.2. The Kier molecular flexibility index (Phi) is 3.99. The zero-order valence-corrected chi connectivity index (χ0v) is 11.5. The molecule has 0 aliphatic rings. The summed E-state index contributed by atoms with van der Waals surface area (Å²) >= 11 is 1.58. The molecule has 2 aromatic rings. The van der Waals surface area contributed by atoms with Crippen LogP contribution < -0.4 is 10.6 Å². The van der Waals surface area contributed by atoms with Crippen LogP contribution in [-0.4, -0.2) is 11.0 Å². The van der Waals surface area contributed by atoms with E-state index >= 15 is 0 Å². The lowest BCUT2D eigenvalue weighted by Gasteiger charge is -2.27. The molecule has 0 fully saturated rings. The first kappa shape index (κ1) is 13.7. The minimum absolute atomic E-state index is 0.0222. The molecule has 0 saturated heterocycles. The van der Waals surface area contributed by atoms with Gasteiger partial charge in [-0.15, -0.1) is 11.3 Å². The molecular formula is C13H15F2N3S. The summed E-state index contributed by atoms with van der Waals surface area (Å²) in [7, 11) is 0. The first-order valence-corrected chi connectivity index (χ1v) is 6.77. The van der Waals surface area contributed by atoms with Crippen molar-refractivity contribution < 1.29 is 8.78 Å². The SMILES string of the molecule is CC(C)N(Cc1cccs1)c1nc(N)c(F)cc1F. The Bertz CT molecular complexity index is 555. The summed E-state index contributed by atoms with van der Waals surface area (Å²) in [5.74, 6) is -1.73. The second-order valence-corrected chi connectivity index (χ2v) is 5.49. The quantitative estimate of drug-likeness (QED) is 0.935. The van der Waals surface area contributed by atoms with Crippen LogP contribution >= 0.6 is 11.3 Å². The summed E-state index contributed by atoms with van der Waals surface area (Å²) in [5.41, 5.74) is 5.42. The first-order valence-electron chi connectivity index (χ1n) is 5.89. The van der Waals surface area contributed by atoms with Crippen molar-refractivity contribution in [3.05, 3.63) is 40.1 Å². The number of halogens is 2. The number of nitrogens with two attached hydrogens (primary N) is 1. The van der Waals surface area contributed by atoms with Gasteiger partial charge in [-0.3, -0.25) is 0 Å². The third-order valence-corrected chi connectivity index (χ3v) is 3.60. The standard InChI is InChI=1S/C13H15F2N3S/c1-8(2)18(7-9-4-3-5-19-9)13-11(15)6-10(14)12(16)17-13/h3-6,8H,7H2,1-2H3,(H2,16,17). The van der Waals surface area contributed by atoms with Gasteiger partial charge in [0, 0.05) is 17.0 Å². The van der Waals surface area contributed by atoms with Crippen LogP contribution in [0.3, 0.4) is 0 Å². The molecule has 0 aliphatic heterocycles. The van der Waals surface area contributed by atoms with E-state index < -0.39 is 11.6 Å². The van der Waals surface area contributed by atoms with Crippen LogP contribution in [0.5, 0.6) is 0 Å². The largest absolute Gasteiger partial charge is 0.381 e. The Morgan fingerprint density at radius 1 is 1.37 bits per heavy atom. The van der Waals surface area contributed by atoms with Gasteiger partial charge in [0.05, 0.1) is 6.54 Å². The Labute approximate surface area is 114 Å². The summed E-state index contributed by atoms with van der Waals surface area (Å²) in [4.78, 5) is 6.67. The van der Waals surface area contributed by atoms with Gasteiger partial charge < -0.3 is 10.6 Å². The average molecular weight is 283 g/mol. The first-order chi connectivity index (χ1) is 8.99. The van der Waals surface area contributed by atoms with E-state index in [1.54, 1.807) is 16.2 Å². The van der Waals surface area contributed by atoms with Crippen LogP contribution in [0.4, 0.5) is 20.4 Å². The number of pyridine rings is 1. The molecule has 2 N–H and O–H groups in total. The maximum absolute atomic E-state index is 13.9. The topological polar surface area (TPSA) is 42.2 Å². The molecule has 0 atom stereocenters. The molecule has 6 heteroatoms. The predicted octanol–water partition coefficient (Wildman–Crippen LogP) is 3.42. The Hall–Kier alpha value is -1.69. The van der Waals surface area contributed by atoms with E-state index in [4.69, 9.17) is 5.73 Å². The lowest BCUT2D eigenvalue weighted by molar-refractivity contribution is 0.560. The molecule has 0 bridgehead atoms. The number of hydrogen-bond donors (Lipinski definition) is 1. The number of thiophene rings is 1. The molecule has 0 saturated carbocycles. The van der Waals surface area contributed by atoms with E-state index in [1.165, 1.54) is 0 Å². The highest BCUT2D eigenvalue weighted by Crippen LogP contribution is 2.25. The van der Waals surface area contributed by atoms with Gasteiger partial charge in [-0.2, -0.15) is 0 Å². The maximum Gasteiger partial charge on any atom is 0.168 e. The molecule has 2 aromatic heterocycles. The summed E-state index contributed by atoms with van der Waals surface area (Å²) in [5, 5.41) is 1.96. The molecule has 0 aliphatic carbocycles. The zero-order chi connectivity index (χ0) is 14.0. The van der Waals surface area contributed by atoms with Gasteiger partial charge in [0.2, 0.25) is 0 Å². The van der Waals surface area contributed by atoms with E-state index in [0.717, 1.165) is 10.9 Å². The summed E-state index contributed by atoms with van der Waals surface area (Å²) in [6, 6.07) is 4.70. The monoisotopic (exact) mass is 283 g/mol.